The molecule has 1 saturated heterocycles. The van der Waals surface area contributed by atoms with Gasteiger partial charge in [0.25, 0.3) is 0 Å². The van der Waals surface area contributed by atoms with Crippen molar-refractivity contribution in [1.29, 1.82) is 0 Å². The second kappa shape index (κ2) is 51.3. The van der Waals surface area contributed by atoms with Crippen LogP contribution >= 0.6 is 0 Å². The molecule has 8 atom stereocenters. The minimum Gasteiger partial charge on any atom is -0.454 e. The van der Waals surface area contributed by atoms with Crippen LogP contribution in [0.15, 0.2) is 97.2 Å². The fourth-order valence-corrected chi connectivity index (χ4v) is 8.82. The summed E-state index contributed by atoms with van der Waals surface area (Å²) in [7, 11) is 0. The Labute approximate surface area is 456 Å². The summed E-state index contributed by atoms with van der Waals surface area (Å²) >= 11 is 0. The van der Waals surface area contributed by atoms with E-state index in [0.717, 1.165) is 77.0 Å². The van der Waals surface area contributed by atoms with E-state index >= 15 is 0 Å². The van der Waals surface area contributed by atoms with E-state index in [0.29, 0.717) is 12.8 Å². The van der Waals surface area contributed by atoms with Gasteiger partial charge in [-0.15, -0.1) is 0 Å². The quantitative estimate of drug-likeness (QED) is 0.0149. The molecule has 1 aliphatic rings. The van der Waals surface area contributed by atoms with Crippen LogP contribution in [0, 0.1) is 0 Å². The molecular formula is C64H109NO10. The van der Waals surface area contributed by atoms with Crippen LogP contribution in [0.5, 0.6) is 0 Å². The van der Waals surface area contributed by atoms with Crippen molar-refractivity contribution in [3.63, 3.8) is 0 Å². The number of ether oxygens (including phenoxy) is 3. The largest absolute Gasteiger partial charge is 0.454 e. The highest BCUT2D eigenvalue weighted by Crippen LogP contribution is 2.26. The van der Waals surface area contributed by atoms with E-state index in [2.05, 4.69) is 62.5 Å². The number of nitrogens with one attached hydrogen (secondary N) is 1. The van der Waals surface area contributed by atoms with E-state index < -0.39 is 67.4 Å². The molecule has 8 unspecified atom stereocenters. The van der Waals surface area contributed by atoms with E-state index in [4.69, 9.17) is 14.2 Å². The zero-order chi connectivity index (χ0) is 54.7. The van der Waals surface area contributed by atoms with E-state index in [1.807, 2.05) is 54.7 Å². The summed E-state index contributed by atoms with van der Waals surface area (Å²) in [6, 6.07) is -1.04. The van der Waals surface area contributed by atoms with Crippen molar-refractivity contribution in [3.05, 3.63) is 97.2 Å². The van der Waals surface area contributed by atoms with Crippen LogP contribution in [0.3, 0.4) is 0 Å². The highest BCUT2D eigenvalue weighted by molar-refractivity contribution is 5.80. The Balaban J connectivity index is 2.75. The van der Waals surface area contributed by atoms with Crippen molar-refractivity contribution < 1.29 is 49.3 Å². The summed E-state index contributed by atoms with van der Waals surface area (Å²) in [6.45, 7) is 5.58. The van der Waals surface area contributed by atoms with Crippen molar-refractivity contribution in [2.75, 3.05) is 13.2 Å². The molecule has 0 radical (unpaired) electrons. The van der Waals surface area contributed by atoms with Crippen molar-refractivity contribution in [2.45, 2.75) is 282 Å². The number of unbranched alkanes of at least 4 members (excludes halogenated alkanes) is 25. The fraction of sp³-hybridized carbons (Fsp3) is 0.719. The molecule has 0 aliphatic carbocycles. The van der Waals surface area contributed by atoms with Crippen LogP contribution in [-0.4, -0.2) is 99.6 Å². The first-order valence-electron chi connectivity index (χ1n) is 30.1. The molecule has 75 heavy (non-hydrogen) atoms. The Bertz CT molecular complexity index is 1580. The maximum Gasteiger partial charge on any atom is 0.306 e. The standard InChI is InChI=1S/C64H109NO10/c1-4-7-10-13-16-19-22-25-27-28-29-31-33-36-39-42-45-48-51-57(68)63(72)65-55(56(67)50-47-44-41-38-35-32-24-21-18-15-12-9-6-3)54-73-64-62(61(71)60(70)58(53-66)74-64)75-59(69)52-49-46-43-40-37-34-30-26-23-20-17-14-11-8-5-2/h8,11,14,16-17,19-20,23,25-27,30,34,37,47,50,55-58,60-62,64,66-68,70-71H,4-7,9-10,12-13,15,18,21-22,24,28-29,31-33,35-36,38-46,48-49,51-54H2,1-3H3,(H,65,72)/b11-8+,17-14+,19-16-,23-20-,27-25-,30-26-,37-34+,50-47+. The Hall–Kier alpha value is -3.42. The van der Waals surface area contributed by atoms with Gasteiger partial charge in [-0.05, 0) is 77.0 Å². The molecule has 430 valence electrons. The van der Waals surface area contributed by atoms with Gasteiger partial charge in [0, 0.05) is 6.42 Å². The molecule has 1 amide bonds. The van der Waals surface area contributed by atoms with Gasteiger partial charge in [0.15, 0.2) is 12.4 Å². The molecule has 0 saturated carbocycles. The SMILES string of the molecule is CC/C=C/C=C/C=C\C=C/C=C/CCCCCC(=O)OC1C(OCC(NC(=O)C(O)CCCCCCCCCC/C=C\C/C=C\CCCCC)C(O)/C=C/CCCCCCCCCCCCC)OC(CO)C(O)C1O. The zero-order valence-electron chi connectivity index (χ0n) is 47.4. The van der Waals surface area contributed by atoms with Crippen LogP contribution < -0.4 is 5.32 Å². The summed E-state index contributed by atoms with van der Waals surface area (Å²) in [4.78, 5) is 26.5. The Morgan fingerprint density at radius 2 is 1.01 bits per heavy atom. The second-order valence-corrected chi connectivity index (χ2v) is 20.5. The third-order valence-electron chi connectivity index (χ3n) is 13.6. The summed E-state index contributed by atoms with van der Waals surface area (Å²) in [5.74, 6) is -1.25. The lowest BCUT2D eigenvalue weighted by Crippen LogP contribution is -2.61. The van der Waals surface area contributed by atoms with Crippen molar-refractivity contribution in [3.8, 4) is 0 Å². The van der Waals surface area contributed by atoms with E-state index in [9.17, 15) is 35.1 Å². The molecule has 1 fully saturated rings. The maximum atomic E-state index is 13.4. The number of rotatable bonds is 49. The second-order valence-electron chi connectivity index (χ2n) is 20.5. The lowest BCUT2D eigenvalue weighted by molar-refractivity contribution is -0.305. The number of amides is 1. The van der Waals surface area contributed by atoms with Gasteiger partial charge >= 0.3 is 5.97 Å². The Morgan fingerprint density at radius 3 is 1.57 bits per heavy atom. The number of hydrogen-bond acceptors (Lipinski definition) is 10. The number of allylic oxidation sites excluding steroid dienone is 15. The highest BCUT2D eigenvalue weighted by Gasteiger charge is 2.47. The molecule has 0 bridgehead atoms. The van der Waals surface area contributed by atoms with Crippen LogP contribution in [0.2, 0.25) is 0 Å². The summed E-state index contributed by atoms with van der Waals surface area (Å²) in [5, 5.41) is 56.9. The van der Waals surface area contributed by atoms with Crippen LogP contribution in [0.4, 0.5) is 0 Å². The van der Waals surface area contributed by atoms with Gasteiger partial charge in [-0.2, -0.15) is 0 Å². The van der Waals surface area contributed by atoms with Crippen molar-refractivity contribution in [2.24, 2.45) is 0 Å². The average Bonchev–Trinajstić information content (AvgIpc) is 3.41. The summed E-state index contributed by atoms with van der Waals surface area (Å²) in [6.07, 6.45) is 57.2. The Morgan fingerprint density at radius 1 is 0.547 bits per heavy atom. The van der Waals surface area contributed by atoms with Crippen molar-refractivity contribution >= 4 is 11.9 Å². The maximum absolute atomic E-state index is 13.4. The van der Waals surface area contributed by atoms with Gasteiger partial charge < -0.3 is 45.1 Å². The smallest absolute Gasteiger partial charge is 0.306 e. The van der Waals surface area contributed by atoms with Gasteiger partial charge in [0.05, 0.1) is 25.4 Å². The molecule has 11 heteroatoms. The van der Waals surface area contributed by atoms with Crippen LogP contribution in [-0.2, 0) is 23.8 Å². The van der Waals surface area contributed by atoms with Gasteiger partial charge in [-0.25, -0.2) is 0 Å². The van der Waals surface area contributed by atoms with Gasteiger partial charge in [0.1, 0.15) is 24.4 Å². The number of carbonyl (C=O) groups is 2. The third kappa shape index (κ3) is 39.6. The first-order valence-corrected chi connectivity index (χ1v) is 30.1. The molecule has 0 aromatic carbocycles. The van der Waals surface area contributed by atoms with Gasteiger partial charge in [0.2, 0.25) is 5.91 Å². The summed E-state index contributed by atoms with van der Waals surface area (Å²) in [5.41, 5.74) is 0. The topological polar surface area (TPSA) is 175 Å². The van der Waals surface area contributed by atoms with Crippen LogP contribution in [0.25, 0.3) is 0 Å². The third-order valence-corrected chi connectivity index (χ3v) is 13.6. The molecule has 1 rings (SSSR count). The lowest BCUT2D eigenvalue weighted by atomic mass is 9.99. The number of hydrogen-bond donors (Lipinski definition) is 6. The first kappa shape index (κ1) is 69.6. The molecule has 1 aliphatic heterocycles. The number of carbonyl (C=O) groups excluding carboxylic acids is 2. The zero-order valence-corrected chi connectivity index (χ0v) is 47.4. The predicted octanol–water partition coefficient (Wildman–Crippen LogP) is 13.9. The first-order chi connectivity index (χ1) is 36.7. The molecule has 0 aromatic heterocycles. The van der Waals surface area contributed by atoms with Crippen molar-refractivity contribution in [1.82, 2.24) is 5.32 Å². The minimum absolute atomic E-state index is 0.0694. The molecule has 6 N–H and O–H groups in total. The number of esters is 1. The van der Waals surface area contributed by atoms with Crippen LogP contribution in [0.1, 0.15) is 233 Å². The van der Waals surface area contributed by atoms with Gasteiger partial charge in [-0.1, -0.05) is 246 Å². The highest BCUT2D eigenvalue weighted by atomic mass is 16.7. The molecule has 0 spiro atoms. The average molecular weight is 1050 g/mol. The minimum atomic E-state index is -1.64. The monoisotopic (exact) mass is 1050 g/mol. The Kier molecular flexibility index (Phi) is 47.6. The van der Waals surface area contributed by atoms with E-state index in [1.54, 1.807) is 6.08 Å². The molecular weight excluding hydrogens is 943 g/mol. The fourth-order valence-electron chi connectivity index (χ4n) is 8.82. The molecule has 1 heterocycles. The normalized spacial score (nSPS) is 19.9. The predicted molar refractivity (Wildman–Crippen MR) is 310 cm³/mol. The van der Waals surface area contributed by atoms with E-state index in [1.165, 1.54) is 109 Å². The number of aliphatic hydroxyl groups excluding tert-OH is 5. The van der Waals surface area contributed by atoms with E-state index in [-0.39, 0.29) is 19.4 Å². The molecule has 0 aromatic rings. The number of aliphatic hydroxyl groups is 5. The summed E-state index contributed by atoms with van der Waals surface area (Å²) < 4.78 is 17.5. The van der Waals surface area contributed by atoms with Gasteiger partial charge in [-0.3, -0.25) is 9.59 Å². The lowest BCUT2D eigenvalue weighted by Gasteiger charge is -2.41. The molecule has 11 nitrogen and oxygen atoms in total.